The molecule has 4 aromatic carbocycles. The summed E-state index contributed by atoms with van der Waals surface area (Å²) in [7, 11) is 0. The molecule has 0 aliphatic carbocycles. The predicted octanol–water partition coefficient (Wildman–Crippen LogP) is 9.00. The number of nitrogens with one attached hydrogen (secondary N) is 1. The second-order valence-electron chi connectivity index (χ2n) is 8.88. The third kappa shape index (κ3) is 7.57. The van der Waals surface area contributed by atoms with Crippen LogP contribution in [0.25, 0.3) is 0 Å². The number of hydrogen-bond acceptors (Lipinski definition) is 3. The SMILES string of the molecule is CCC(C(=O)O)c1ccc(Sc2ccc(N(CCc3ccccc3)C(=O)Nc3cccc(Cl)c3Cl)cc2)cc1. The van der Waals surface area contributed by atoms with E-state index in [4.69, 9.17) is 23.2 Å². The van der Waals surface area contributed by atoms with Crippen molar-refractivity contribution >= 4 is 58.3 Å². The molecule has 2 amide bonds. The van der Waals surface area contributed by atoms with Crippen molar-refractivity contribution < 1.29 is 14.7 Å². The van der Waals surface area contributed by atoms with Crippen molar-refractivity contribution in [1.82, 2.24) is 0 Å². The number of aliphatic carboxylic acids is 1. The zero-order chi connectivity index (χ0) is 27.8. The number of halogens is 2. The number of carbonyl (C=O) groups is 2. The zero-order valence-corrected chi connectivity index (χ0v) is 23.6. The molecule has 4 aromatic rings. The second kappa shape index (κ2) is 13.6. The Balaban J connectivity index is 1.51. The van der Waals surface area contributed by atoms with E-state index < -0.39 is 11.9 Å². The molecule has 39 heavy (non-hydrogen) atoms. The Bertz CT molecular complexity index is 1410. The van der Waals surface area contributed by atoms with E-state index in [1.807, 2.05) is 85.8 Å². The standard InChI is InChI=1S/C31H28Cl2N2O3S/c1-2-26(30(36)37)22-11-15-24(16-12-22)39-25-17-13-23(14-18-25)35(20-19-21-7-4-3-5-8-21)31(38)34-28-10-6-9-27(32)29(28)33/h3-18,26H,2,19-20H2,1H3,(H,34,38)(H,36,37). The molecule has 0 bridgehead atoms. The Labute approximate surface area is 242 Å². The normalized spacial score (nSPS) is 11.6. The largest absolute Gasteiger partial charge is 0.481 e. The maximum absolute atomic E-state index is 13.4. The minimum absolute atomic E-state index is 0.293. The summed E-state index contributed by atoms with van der Waals surface area (Å²) in [5.74, 6) is -1.31. The Kier molecular flexibility index (Phi) is 9.93. The van der Waals surface area contributed by atoms with Gasteiger partial charge in [0.25, 0.3) is 0 Å². The Morgan fingerprint density at radius 2 is 1.51 bits per heavy atom. The van der Waals surface area contributed by atoms with E-state index in [-0.39, 0.29) is 6.03 Å². The summed E-state index contributed by atoms with van der Waals surface area (Å²) in [6.45, 7) is 2.33. The highest BCUT2D eigenvalue weighted by Crippen LogP contribution is 2.32. The maximum atomic E-state index is 13.4. The van der Waals surface area contributed by atoms with Crippen LogP contribution in [-0.2, 0) is 11.2 Å². The number of rotatable bonds is 10. The van der Waals surface area contributed by atoms with Crippen LogP contribution < -0.4 is 10.2 Å². The first-order chi connectivity index (χ1) is 18.9. The maximum Gasteiger partial charge on any atom is 0.326 e. The van der Waals surface area contributed by atoms with Crippen molar-refractivity contribution in [2.75, 3.05) is 16.8 Å². The monoisotopic (exact) mass is 578 g/mol. The molecule has 200 valence electrons. The fourth-order valence-electron chi connectivity index (χ4n) is 4.17. The summed E-state index contributed by atoms with van der Waals surface area (Å²) < 4.78 is 0. The minimum atomic E-state index is -0.813. The first-order valence-electron chi connectivity index (χ1n) is 12.5. The molecule has 8 heteroatoms. The molecule has 1 unspecified atom stereocenters. The average Bonchev–Trinajstić information content (AvgIpc) is 2.94. The van der Waals surface area contributed by atoms with Crippen LogP contribution >= 0.6 is 35.0 Å². The Morgan fingerprint density at radius 3 is 2.13 bits per heavy atom. The van der Waals surface area contributed by atoms with Crippen LogP contribution in [0.2, 0.25) is 10.0 Å². The number of nitrogens with zero attached hydrogens (tertiary/aromatic N) is 1. The molecule has 0 aliphatic heterocycles. The van der Waals surface area contributed by atoms with Crippen LogP contribution in [0.15, 0.2) is 107 Å². The average molecular weight is 580 g/mol. The lowest BCUT2D eigenvalue weighted by molar-refractivity contribution is -0.138. The lowest BCUT2D eigenvalue weighted by Gasteiger charge is -2.24. The first kappa shape index (κ1) is 28.6. The van der Waals surface area contributed by atoms with Crippen molar-refractivity contribution in [2.45, 2.75) is 35.5 Å². The van der Waals surface area contributed by atoms with Crippen LogP contribution in [0.4, 0.5) is 16.2 Å². The van der Waals surface area contributed by atoms with E-state index >= 15 is 0 Å². The molecule has 0 fully saturated rings. The number of carbonyl (C=O) groups excluding carboxylic acids is 1. The van der Waals surface area contributed by atoms with Gasteiger partial charge in [0.1, 0.15) is 0 Å². The number of hydrogen-bond donors (Lipinski definition) is 2. The molecule has 0 heterocycles. The van der Waals surface area contributed by atoms with Gasteiger partial charge in [0.2, 0.25) is 0 Å². The summed E-state index contributed by atoms with van der Waals surface area (Å²) in [5.41, 5.74) is 3.11. The van der Waals surface area contributed by atoms with Gasteiger partial charge in [-0.2, -0.15) is 0 Å². The topological polar surface area (TPSA) is 69.6 Å². The molecule has 0 saturated carbocycles. The molecule has 0 aromatic heterocycles. The number of anilines is 2. The van der Waals surface area contributed by atoms with Gasteiger partial charge in [-0.3, -0.25) is 9.69 Å². The fourth-order valence-corrected chi connectivity index (χ4v) is 5.33. The van der Waals surface area contributed by atoms with Crippen molar-refractivity contribution in [3.8, 4) is 0 Å². The molecule has 0 saturated heterocycles. The molecular formula is C31H28Cl2N2O3S. The molecule has 0 aliphatic rings. The van der Waals surface area contributed by atoms with Gasteiger partial charge in [-0.25, -0.2) is 4.79 Å². The van der Waals surface area contributed by atoms with E-state index in [0.717, 1.165) is 26.6 Å². The first-order valence-corrected chi connectivity index (χ1v) is 14.1. The highest BCUT2D eigenvalue weighted by molar-refractivity contribution is 7.99. The molecule has 0 radical (unpaired) electrons. The quantitative estimate of drug-likeness (QED) is 0.197. The summed E-state index contributed by atoms with van der Waals surface area (Å²) in [6, 6.07) is 30.2. The van der Waals surface area contributed by atoms with Crippen LogP contribution in [-0.4, -0.2) is 23.7 Å². The highest BCUT2D eigenvalue weighted by atomic mass is 35.5. The summed E-state index contributed by atoms with van der Waals surface area (Å²) in [4.78, 5) is 28.5. The molecule has 0 spiro atoms. The number of amides is 2. The number of urea groups is 1. The minimum Gasteiger partial charge on any atom is -0.481 e. The predicted molar refractivity (Wildman–Crippen MR) is 161 cm³/mol. The second-order valence-corrected chi connectivity index (χ2v) is 10.8. The van der Waals surface area contributed by atoms with Gasteiger partial charge in [0.05, 0.1) is 21.7 Å². The van der Waals surface area contributed by atoms with Crippen LogP contribution in [0.1, 0.15) is 30.4 Å². The Hall–Kier alpha value is -3.45. The molecule has 1 atom stereocenters. The van der Waals surface area contributed by atoms with Gasteiger partial charge < -0.3 is 10.4 Å². The summed E-state index contributed by atoms with van der Waals surface area (Å²) >= 11 is 14.0. The van der Waals surface area contributed by atoms with E-state index in [9.17, 15) is 14.7 Å². The van der Waals surface area contributed by atoms with Crippen LogP contribution in [0, 0.1) is 0 Å². The third-order valence-corrected chi connectivity index (χ3v) is 8.11. The summed E-state index contributed by atoms with van der Waals surface area (Å²) in [6.07, 6.45) is 1.22. The number of carboxylic acids is 1. The van der Waals surface area contributed by atoms with Crippen LogP contribution in [0.3, 0.4) is 0 Å². The van der Waals surface area contributed by atoms with Gasteiger partial charge >= 0.3 is 12.0 Å². The van der Waals surface area contributed by atoms with E-state index in [0.29, 0.717) is 35.1 Å². The van der Waals surface area contributed by atoms with Crippen molar-refractivity contribution in [2.24, 2.45) is 0 Å². The molecular weight excluding hydrogens is 551 g/mol. The van der Waals surface area contributed by atoms with E-state index in [1.54, 1.807) is 34.9 Å². The van der Waals surface area contributed by atoms with Gasteiger partial charge in [-0.15, -0.1) is 0 Å². The third-order valence-electron chi connectivity index (χ3n) is 6.28. The number of carboxylic acid groups (broad SMARTS) is 1. The molecule has 5 nitrogen and oxygen atoms in total. The van der Waals surface area contributed by atoms with Gasteiger partial charge in [0, 0.05) is 22.0 Å². The van der Waals surface area contributed by atoms with Crippen LogP contribution in [0.5, 0.6) is 0 Å². The molecule has 2 N–H and O–H groups in total. The van der Waals surface area contributed by atoms with Crippen molar-refractivity contribution in [3.05, 3.63) is 118 Å². The van der Waals surface area contributed by atoms with E-state index in [1.165, 1.54) is 0 Å². The fraction of sp³-hybridized carbons (Fsp3) is 0.161. The van der Waals surface area contributed by atoms with Crippen molar-refractivity contribution in [1.29, 1.82) is 0 Å². The zero-order valence-electron chi connectivity index (χ0n) is 21.3. The van der Waals surface area contributed by atoms with Crippen molar-refractivity contribution in [3.63, 3.8) is 0 Å². The number of benzene rings is 4. The van der Waals surface area contributed by atoms with Gasteiger partial charge in [0.15, 0.2) is 0 Å². The lowest BCUT2D eigenvalue weighted by atomic mass is 9.97. The molecule has 4 rings (SSSR count). The van der Waals surface area contributed by atoms with E-state index in [2.05, 4.69) is 5.32 Å². The van der Waals surface area contributed by atoms with Gasteiger partial charge in [-0.05, 0) is 72.5 Å². The Morgan fingerprint density at radius 1 is 0.872 bits per heavy atom. The summed E-state index contributed by atoms with van der Waals surface area (Å²) in [5, 5.41) is 13.0. The lowest BCUT2D eigenvalue weighted by Crippen LogP contribution is -2.36. The smallest absolute Gasteiger partial charge is 0.326 e. The van der Waals surface area contributed by atoms with Gasteiger partial charge in [-0.1, -0.05) is 90.4 Å². The highest BCUT2D eigenvalue weighted by Gasteiger charge is 2.19.